The Bertz CT molecular complexity index is 1890. The van der Waals surface area contributed by atoms with Gasteiger partial charge in [0.2, 0.25) is 0 Å². The van der Waals surface area contributed by atoms with Gasteiger partial charge in [0.15, 0.2) is 0 Å². The average molecular weight is 785 g/mol. The number of aromatic nitrogens is 2. The highest BCUT2D eigenvalue weighted by Crippen LogP contribution is 2.68. The highest BCUT2D eigenvalue weighted by Gasteiger charge is 2.63. The van der Waals surface area contributed by atoms with E-state index in [9.17, 15) is 38.2 Å². The van der Waals surface area contributed by atoms with Gasteiger partial charge in [0.05, 0.1) is 29.0 Å². The van der Waals surface area contributed by atoms with E-state index in [0.717, 1.165) is 38.5 Å². The maximum Gasteiger partial charge on any atom is 0.415 e. The molecule has 300 valence electrons. The van der Waals surface area contributed by atoms with Crippen molar-refractivity contribution in [3.63, 3.8) is 0 Å². The van der Waals surface area contributed by atoms with Crippen LogP contribution >= 0.6 is 0 Å². The molecule has 0 spiro atoms. The maximum absolute atomic E-state index is 12.8. The number of hydrogen-bond acceptors (Lipinski definition) is 12. The quantitative estimate of drug-likeness (QED) is 0.116. The molecule has 10 atom stereocenters. The first-order chi connectivity index (χ1) is 26.1. The number of carboxylic acids is 1. The number of rotatable bonds is 13. The van der Waals surface area contributed by atoms with Gasteiger partial charge in [-0.25, -0.2) is 8.42 Å². The number of fused-ring (bicyclic) bond motifs is 5. The molecule has 1 heterocycles. The number of carboxylic acid groups (broad SMARTS) is 1. The summed E-state index contributed by atoms with van der Waals surface area (Å²) in [6, 6.07) is 7.28. The monoisotopic (exact) mass is 784 g/mol. The Balaban J connectivity index is 0.929. The number of carbonyl (C=O) groups is 3. The third kappa shape index (κ3) is 8.36. The van der Waals surface area contributed by atoms with Crippen LogP contribution in [0.5, 0.6) is 5.88 Å². The van der Waals surface area contributed by atoms with E-state index in [1.54, 1.807) is 6.07 Å². The van der Waals surface area contributed by atoms with Crippen LogP contribution in [0.15, 0.2) is 44.9 Å². The molecule has 4 aliphatic rings. The number of aliphatic hydroxyl groups excluding tert-OH is 1. The van der Waals surface area contributed by atoms with Crippen molar-refractivity contribution in [1.29, 1.82) is 0 Å². The molecule has 1 aromatic carbocycles. The van der Waals surface area contributed by atoms with Crippen LogP contribution < -0.4 is 9.64 Å². The third-order valence-electron chi connectivity index (χ3n) is 13.6. The second-order valence-corrected chi connectivity index (χ2v) is 18.4. The zero-order valence-electron chi connectivity index (χ0n) is 31.7. The summed E-state index contributed by atoms with van der Waals surface area (Å²) in [6.07, 6.45) is 9.36. The SMILES string of the molecule is C[C@H](CCC(=O)O)[C@H]1CC[C@H]2C3[C@@H](O)C[C@@H]4C[C@H](OC(=O)CCC(=O)OC#CCCOc5no[n+]([O-])c5S(=O)(=O)c5ccccc5)CC[C@]4(C)[C@H]3CC[C@]12C. The van der Waals surface area contributed by atoms with Crippen LogP contribution in [0.4, 0.5) is 0 Å². The van der Waals surface area contributed by atoms with E-state index in [-0.39, 0.29) is 70.9 Å². The number of carbonyl (C=O) groups excluding carboxylic acids is 2. The average Bonchev–Trinajstić information content (AvgIpc) is 3.71. The number of benzene rings is 1. The molecular formula is C40H52N2O12S. The molecular weight excluding hydrogens is 733 g/mol. The zero-order chi connectivity index (χ0) is 39.5. The zero-order valence-corrected chi connectivity index (χ0v) is 32.5. The number of nitrogens with zero attached hydrogens (tertiary/aromatic N) is 2. The van der Waals surface area contributed by atoms with E-state index in [0.29, 0.717) is 42.9 Å². The number of aliphatic hydroxyl groups is 1. The lowest BCUT2D eigenvalue weighted by Crippen LogP contribution is -2.58. The molecule has 1 aromatic heterocycles. The van der Waals surface area contributed by atoms with Crippen molar-refractivity contribution in [3.05, 3.63) is 35.5 Å². The van der Waals surface area contributed by atoms with Crippen molar-refractivity contribution < 1.29 is 56.8 Å². The van der Waals surface area contributed by atoms with Crippen LogP contribution in [0, 0.1) is 63.6 Å². The van der Waals surface area contributed by atoms with Gasteiger partial charge in [-0.2, -0.15) is 0 Å². The van der Waals surface area contributed by atoms with Gasteiger partial charge in [0.1, 0.15) is 18.8 Å². The summed E-state index contributed by atoms with van der Waals surface area (Å²) in [6.45, 7) is 6.79. The van der Waals surface area contributed by atoms with E-state index < -0.39 is 44.8 Å². The number of hydrogen-bond donors (Lipinski definition) is 2. The first kappa shape index (κ1) is 40.5. The summed E-state index contributed by atoms with van der Waals surface area (Å²) >= 11 is 0. The molecule has 6 rings (SSSR count). The molecule has 15 heteroatoms. The molecule has 4 saturated carbocycles. The molecule has 0 amide bonds. The Morgan fingerprint density at radius 3 is 2.47 bits per heavy atom. The van der Waals surface area contributed by atoms with E-state index in [1.807, 2.05) is 0 Å². The molecule has 55 heavy (non-hydrogen) atoms. The van der Waals surface area contributed by atoms with E-state index in [2.05, 4.69) is 42.6 Å². The van der Waals surface area contributed by atoms with Gasteiger partial charge in [-0.3, -0.25) is 19.0 Å². The highest BCUT2D eigenvalue weighted by atomic mass is 32.2. The summed E-state index contributed by atoms with van der Waals surface area (Å²) < 4.78 is 46.2. The molecule has 0 radical (unpaired) electrons. The van der Waals surface area contributed by atoms with Crippen molar-refractivity contribution in [1.82, 2.24) is 5.16 Å². The topological polar surface area (TPSA) is 206 Å². The number of aliphatic carboxylic acids is 1. The normalized spacial score (nSPS) is 31.7. The summed E-state index contributed by atoms with van der Waals surface area (Å²) in [4.78, 5) is 35.9. The van der Waals surface area contributed by atoms with Gasteiger partial charge in [-0.15, -0.1) is 0 Å². The van der Waals surface area contributed by atoms with Crippen molar-refractivity contribution in [2.24, 2.45) is 46.3 Å². The predicted octanol–water partition coefficient (Wildman–Crippen LogP) is 5.24. The van der Waals surface area contributed by atoms with Crippen LogP contribution in [-0.4, -0.2) is 60.5 Å². The van der Waals surface area contributed by atoms with Crippen LogP contribution in [0.25, 0.3) is 0 Å². The maximum atomic E-state index is 12.8. The molecule has 4 aliphatic carbocycles. The minimum Gasteiger partial charge on any atom is -0.481 e. The van der Waals surface area contributed by atoms with Crippen LogP contribution in [0.1, 0.15) is 104 Å². The Labute approximate surface area is 321 Å². The van der Waals surface area contributed by atoms with Gasteiger partial charge in [-0.1, -0.05) is 44.9 Å². The molecule has 0 aliphatic heterocycles. The minimum absolute atomic E-state index is 0.00176. The number of ether oxygens (including phenoxy) is 3. The first-order valence-electron chi connectivity index (χ1n) is 19.4. The van der Waals surface area contributed by atoms with Gasteiger partial charge in [0.25, 0.3) is 9.84 Å². The highest BCUT2D eigenvalue weighted by molar-refractivity contribution is 7.91. The largest absolute Gasteiger partial charge is 0.481 e. The summed E-state index contributed by atoms with van der Waals surface area (Å²) in [5.74, 6) is 2.17. The van der Waals surface area contributed by atoms with E-state index >= 15 is 0 Å². The summed E-state index contributed by atoms with van der Waals surface area (Å²) in [7, 11) is -4.26. The Morgan fingerprint density at radius 1 is 1.02 bits per heavy atom. The number of sulfone groups is 1. The summed E-state index contributed by atoms with van der Waals surface area (Å²) in [5.41, 5.74) is 0.156. The Kier molecular flexibility index (Phi) is 12.2. The van der Waals surface area contributed by atoms with Gasteiger partial charge >= 0.3 is 28.8 Å². The second kappa shape index (κ2) is 16.5. The molecule has 4 fully saturated rings. The summed E-state index contributed by atoms with van der Waals surface area (Å²) in [5, 5.41) is 35.5. The van der Waals surface area contributed by atoms with Crippen molar-refractivity contribution in [2.45, 2.75) is 126 Å². The van der Waals surface area contributed by atoms with Crippen molar-refractivity contribution >= 4 is 27.7 Å². The molecule has 1 unspecified atom stereocenters. The molecule has 0 saturated heterocycles. The Morgan fingerprint density at radius 2 is 1.73 bits per heavy atom. The standard InChI is InChI=1S/C40H52N2O12S/c1-25(11-14-33(44)45)29-12-13-30-36-31(18-20-40(29,30)3)39(2)19-17-27(23-26(39)24-32(36)43)53-35(47)16-15-34(46)51-21-7-8-22-52-37-38(42(48)54-41-37)55(49,50)28-9-5-4-6-10-28/h4-6,9-10,25-27,29-32,36,43H,8,11-20,22-24H2,1-3H3,(H,44,45)/t25-,26+,27-,29-,30+,31+,32+,36?,39+,40-/m1/s1. The lowest BCUT2D eigenvalue weighted by atomic mass is 9.43. The minimum atomic E-state index is -4.26. The fraction of sp³-hybridized carbons (Fsp3) is 0.675. The lowest BCUT2D eigenvalue weighted by molar-refractivity contribution is -0.832. The molecule has 2 aromatic rings. The fourth-order valence-corrected chi connectivity index (χ4v) is 12.2. The van der Waals surface area contributed by atoms with Gasteiger partial charge in [-0.05, 0) is 121 Å². The molecule has 14 nitrogen and oxygen atoms in total. The third-order valence-corrected chi connectivity index (χ3v) is 15.3. The van der Waals surface area contributed by atoms with E-state index in [1.165, 1.54) is 24.3 Å². The Hall–Kier alpha value is -4.16. The number of esters is 2. The van der Waals surface area contributed by atoms with E-state index in [4.69, 9.17) is 14.2 Å². The van der Waals surface area contributed by atoms with Crippen LogP contribution in [0.2, 0.25) is 0 Å². The van der Waals surface area contributed by atoms with Crippen molar-refractivity contribution in [2.75, 3.05) is 6.61 Å². The van der Waals surface area contributed by atoms with Crippen LogP contribution in [-0.2, 0) is 33.7 Å². The smallest absolute Gasteiger partial charge is 0.415 e. The van der Waals surface area contributed by atoms with Gasteiger partial charge in [0, 0.05) is 12.8 Å². The lowest BCUT2D eigenvalue weighted by Gasteiger charge is -2.62. The second-order valence-electron chi connectivity index (χ2n) is 16.5. The molecule has 0 bridgehead atoms. The molecule has 2 N–H and O–H groups in total. The first-order valence-corrected chi connectivity index (χ1v) is 20.9. The fourth-order valence-electron chi connectivity index (χ4n) is 10.9. The van der Waals surface area contributed by atoms with Crippen LogP contribution in [0.3, 0.4) is 0 Å². The predicted molar refractivity (Wildman–Crippen MR) is 193 cm³/mol. The van der Waals surface area contributed by atoms with Crippen molar-refractivity contribution in [3.8, 4) is 17.9 Å². The van der Waals surface area contributed by atoms with Gasteiger partial charge < -0.3 is 29.6 Å².